The van der Waals surface area contributed by atoms with Gasteiger partial charge in [-0.2, -0.15) is 0 Å². The largest absolute Gasteiger partial charge is 0.452 e. The monoisotopic (exact) mass is 474 g/mol. The summed E-state index contributed by atoms with van der Waals surface area (Å²) >= 11 is 0. The molecular weight excluding hydrogens is 448 g/mol. The molecule has 2 aliphatic rings. The predicted molar refractivity (Wildman–Crippen MR) is 142 cm³/mol. The Morgan fingerprint density at radius 3 is 2.58 bits per heavy atom. The molecule has 0 saturated carbocycles. The Kier molecular flexibility index (Phi) is 5.61. The fourth-order valence-corrected chi connectivity index (χ4v) is 5.25. The summed E-state index contributed by atoms with van der Waals surface area (Å²) in [7, 11) is 0. The summed E-state index contributed by atoms with van der Waals surface area (Å²) in [5.41, 5.74) is 8.50. The molecule has 0 N–H and O–H groups in total. The highest BCUT2D eigenvalue weighted by Gasteiger charge is 2.29. The van der Waals surface area contributed by atoms with Crippen LogP contribution >= 0.6 is 0 Å². The van der Waals surface area contributed by atoms with Crippen LogP contribution in [0, 0.1) is 6.92 Å². The van der Waals surface area contributed by atoms with Crippen LogP contribution in [0.25, 0.3) is 22.6 Å². The SMILES string of the molecule is Cc1ccc(/C=C2\CCc3c2nc2ccccc2c3C(=O)OCC(=O)N2CCc3ccccc32)cc1. The lowest BCUT2D eigenvalue weighted by atomic mass is 10.0. The predicted octanol–water partition coefficient (Wildman–Crippen LogP) is 5.78. The number of pyridine rings is 1. The zero-order chi connectivity index (χ0) is 24.6. The van der Waals surface area contributed by atoms with Gasteiger partial charge in [0.2, 0.25) is 0 Å². The van der Waals surface area contributed by atoms with Gasteiger partial charge < -0.3 is 9.64 Å². The summed E-state index contributed by atoms with van der Waals surface area (Å²) in [5, 5.41) is 0.761. The number of amides is 1. The molecule has 3 aromatic carbocycles. The number of carbonyl (C=O) groups excluding carboxylic acids is 2. The molecule has 0 spiro atoms. The fourth-order valence-electron chi connectivity index (χ4n) is 5.25. The number of hydrogen-bond donors (Lipinski definition) is 0. The summed E-state index contributed by atoms with van der Waals surface area (Å²) in [6.45, 7) is 2.39. The highest BCUT2D eigenvalue weighted by Crippen LogP contribution is 2.38. The molecule has 2 heterocycles. The Labute approximate surface area is 210 Å². The van der Waals surface area contributed by atoms with Gasteiger partial charge in [0.1, 0.15) is 0 Å². The highest BCUT2D eigenvalue weighted by molar-refractivity contribution is 6.08. The number of esters is 1. The summed E-state index contributed by atoms with van der Waals surface area (Å²) in [6, 6.07) is 23.9. The molecule has 4 aromatic rings. The molecule has 1 aromatic heterocycles. The van der Waals surface area contributed by atoms with E-state index < -0.39 is 5.97 Å². The smallest absolute Gasteiger partial charge is 0.339 e. The third kappa shape index (κ3) is 3.97. The second-order valence-corrected chi connectivity index (χ2v) is 9.41. The lowest BCUT2D eigenvalue weighted by Crippen LogP contribution is -2.33. The van der Waals surface area contributed by atoms with Gasteiger partial charge >= 0.3 is 5.97 Å². The standard InChI is InChI=1S/C31H26N2O3/c1-20-10-12-21(13-11-20)18-23-14-15-25-29(24-7-3-4-8-26(24)32-30(23)25)31(35)36-19-28(34)33-17-16-22-6-2-5-9-27(22)33/h2-13,18H,14-17,19H2,1H3/b23-18+. The summed E-state index contributed by atoms with van der Waals surface area (Å²) in [4.78, 5) is 33.0. The van der Waals surface area contributed by atoms with Crippen LogP contribution in [0.5, 0.6) is 0 Å². The van der Waals surface area contributed by atoms with Crippen molar-refractivity contribution in [2.24, 2.45) is 0 Å². The van der Waals surface area contributed by atoms with E-state index in [-0.39, 0.29) is 12.5 Å². The first-order valence-corrected chi connectivity index (χ1v) is 12.3. The molecule has 178 valence electrons. The van der Waals surface area contributed by atoms with E-state index in [1.54, 1.807) is 4.90 Å². The number of carbonyl (C=O) groups is 2. The lowest BCUT2D eigenvalue weighted by Gasteiger charge is -2.18. The van der Waals surface area contributed by atoms with Crippen LogP contribution in [0.2, 0.25) is 0 Å². The van der Waals surface area contributed by atoms with E-state index in [0.717, 1.165) is 57.4 Å². The van der Waals surface area contributed by atoms with Gasteiger partial charge in [0.15, 0.2) is 6.61 Å². The lowest BCUT2D eigenvalue weighted by molar-refractivity contribution is -0.121. The van der Waals surface area contributed by atoms with Crippen molar-refractivity contribution in [2.45, 2.75) is 26.2 Å². The van der Waals surface area contributed by atoms with Crippen molar-refractivity contribution in [3.63, 3.8) is 0 Å². The zero-order valence-electron chi connectivity index (χ0n) is 20.2. The van der Waals surface area contributed by atoms with Crippen molar-refractivity contribution in [3.05, 3.63) is 106 Å². The Morgan fingerprint density at radius 2 is 1.72 bits per heavy atom. The molecule has 5 heteroatoms. The number of aryl methyl sites for hydroxylation is 1. The minimum atomic E-state index is -0.470. The first kappa shape index (κ1) is 22.2. The molecule has 0 radical (unpaired) electrons. The van der Waals surface area contributed by atoms with E-state index >= 15 is 0 Å². The Balaban J connectivity index is 1.31. The van der Waals surface area contributed by atoms with Crippen LogP contribution in [-0.2, 0) is 22.4 Å². The van der Waals surface area contributed by atoms with Crippen LogP contribution in [-0.4, -0.2) is 30.0 Å². The number of rotatable bonds is 4. The van der Waals surface area contributed by atoms with E-state index in [9.17, 15) is 9.59 Å². The van der Waals surface area contributed by atoms with Crippen LogP contribution in [0.4, 0.5) is 5.69 Å². The van der Waals surface area contributed by atoms with Crippen molar-refractivity contribution in [3.8, 4) is 0 Å². The van der Waals surface area contributed by atoms with Gasteiger partial charge in [-0.3, -0.25) is 4.79 Å². The van der Waals surface area contributed by atoms with Gasteiger partial charge in [-0.25, -0.2) is 9.78 Å². The first-order chi connectivity index (χ1) is 17.6. The van der Waals surface area contributed by atoms with Gasteiger partial charge in [0, 0.05) is 17.6 Å². The molecule has 0 bridgehead atoms. The molecule has 1 aliphatic carbocycles. The number of aromatic nitrogens is 1. The second kappa shape index (κ2) is 9.08. The van der Waals surface area contributed by atoms with Gasteiger partial charge in [-0.15, -0.1) is 0 Å². The number of nitrogens with zero attached hydrogens (tertiary/aromatic N) is 2. The molecule has 1 aliphatic heterocycles. The molecule has 0 fully saturated rings. The number of anilines is 1. The van der Waals surface area contributed by atoms with Crippen molar-refractivity contribution in [2.75, 3.05) is 18.1 Å². The minimum absolute atomic E-state index is 0.205. The van der Waals surface area contributed by atoms with E-state index in [4.69, 9.17) is 9.72 Å². The molecule has 36 heavy (non-hydrogen) atoms. The molecule has 0 atom stereocenters. The second-order valence-electron chi connectivity index (χ2n) is 9.41. The Bertz CT molecular complexity index is 1540. The molecule has 0 unspecified atom stereocenters. The minimum Gasteiger partial charge on any atom is -0.452 e. The molecule has 5 nitrogen and oxygen atoms in total. The molecule has 0 saturated heterocycles. The van der Waals surface area contributed by atoms with E-state index in [1.165, 1.54) is 5.56 Å². The molecule has 1 amide bonds. The van der Waals surface area contributed by atoms with Crippen LogP contribution in [0.15, 0.2) is 72.8 Å². The average Bonchev–Trinajstić information content (AvgIpc) is 3.51. The molecule has 6 rings (SSSR count). The zero-order valence-corrected chi connectivity index (χ0v) is 20.2. The van der Waals surface area contributed by atoms with Crippen molar-refractivity contribution in [1.82, 2.24) is 4.98 Å². The number of hydrogen-bond acceptors (Lipinski definition) is 4. The van der Waals surface area contributed by atoms with E-state index in [2.05, 4.69) is 37.3 Å². The topological polar surface area (TPSA) is 59.5 Å². The van der Waals surface area contributed by atoms with Crippen LogP contribution in [0.1, 0.15) is 44.7 Å². The van der Waals surface area contributed by atoms with Gasteiger partial charge in [0.25, 0.3) is 5.91 Å². The maximum absolute atomic E-state index is 13.4. The first-order valence-electron chi connectivity index (χ1n) is 12.3. The highest BCUT2D eigenvalue weighted by atomic mass is 16.5. The van der Waals surface area contributed by atoms with E-state index in [0.29, 0.717) is 18.5 Å². The number of benzene rings is 3. The van der Waals surface area contributed by atoms with Gasteiger partial charge in [-0.05, 0) is 66.7 Å². The van der Waals surface area contributed by atoms with E-state index in [1.807, 2.05) is 48.5 Å². The van der Waals surface area contributed by atoms with Gasteiger partial charge in [-0.1, -0.05) is 66.2 Å². The number of fused-ring (bicyclic) bond motifs is 3. The van der Waals surface area contributed by atoms with Crippen LogP contribution < -0.4 is 4.90 Å². The third-order valence-electron chi connectivity index (χ3n) is 7.08. The number of para-hydroxylation sites is 2. The summed E-state index contributed by atoms with van der Waals surface area (Å²) in [6.07, 6.45) is 4.48. The summed E-state index contributed by atoms with van der Waals surface area (Å²) < 4.78 is 5.64. The normalized spacial score (nSPS) is 15.2. The van der Waals surface area contributed by atoms with Crippen molar-refractivity contribution < 1.29 is 14.3 Å². The Morgan fingerprint density at radius 1 is 0.944 bits per heavy atom. The third-order valence-corrected chi connectivity index (χ3v) is 7.08. The maximum Gasteiger partial charge on any atom is 0.339 e. The Hall–Kier alpha value is -4.25. The maximum atomic E-state index is 13.4. The summed E-state index contributed by atoms with van der Waals surface area (Å²) in [5.74, 6) is -0.675. The van der Waals surface area contributed by atoms with Gasteiger partial charge in [0.05, 0.1) is 16.8 Å². The number of ether oxygens (including phenoxy) is 1. The average molecular weight is 475 g/mol. The number of allylic oxidation sites excluding steroid dienone is 1. The fraction of sp³-hybridized carbons (Fsp3) is 0.194. The van der Waals surface area contributed by atoms with Crippen LogP contribution in [0.3, 0.4) is 0 Å². The quantitative estimate of drug-likeness (QED) is 0.352. The van der Waals surface area contributed by atoms with Crippen molar-refractivity contribution in [1.29, 1.82) is 0 Å². The van der Waals surface area contributed by atoms with Crippen molar-refractivity contribution >= 4 is 40.1 Å². The molecular formula is C31H26N2O3.